The fourth-order valence-electron chi connectivity index (χ4n) is 2.81. The standard InChI is InChI=1S/C11H17N3/c1-11(8-3-2-4-8)10-9(5-6-14-11)12-7-13-10/h7-8,14H,2-6H2,1H3,(H,12,13). The van der Waals surface area contributed by atoms with Gasteiger partial charge in [0.15, 0.2) is 0 Å². The molecule has 0 radical (unpaired) electrons. The quantitative estimate of drug-likeness (QED) is 0.707. The van der Waals surface area contributed by atoms with Crippen molar-refractivity contribution in [1.29, 1.82) is 0 Å². The molecule has 0 spiro atoms. The third-order valence-corrected chi connectivity index (χ3v) is 4.00. The Morgan fingerprint density at radius 1 is 1.50 bits per heavy atom. The van der Waals surface area contributed by atoms with Gasteiger partial charge in [-0.15, -0.1) is 0 Å². The van der Waals surface area contributed by atoms with Crippen molar-refractivity contribution < 1.29 is 0 Å². The summed E-state index contributed by atoms with van der Waals surface area (Å²) in [4.78, 5) is 7.76. The van der Waals surface area contributed by atoms with Gasteiger partial charge in [-0.05, 0) is 25.7 Å². The normalized spacial score (nSPS) is 32.4. The summed E-state index contributed by atoms with van der Waals surface area (Å²) in [6.45, 7) is 3.40. The maximum Gasteiger partial charge on any atom is 0.0926 e. The highest BCUT2D eigenvalue weighted by Gasteiger charge is 2.43. The third-order valence-electron chi connectivity index (χ3n) is 4.00. The third kappa shape index (κ3) is 0.989. The average Bonchev–Trinajstić information content (AvgIpc) is 2.49. The second-order valence-electron chi connectivity index (χ2n) is 4.74. The molecule has 1 aliphatic heterocycles. The van der Waals surface area contributed by atoms with E-state index in [0.717, 1.165) is 18.9 Å². The zero-order chi connectivity index (χ0) is 9.60. The van der Waals surface area contributed by atoms with Crippen LogP contribution in [0.2, 0.25) is 0 Å². The van der Waals surface area contributed by atoms with Gasteiger partial charge in [-0.3, -0.25) is 0 Å². The van der Waals surface area contributed by atoms with Crippen LogP contribution in [0.4, 0.5) is 0 Å². The van der Waals surface area contributed by atoms with Gasteiger partial charge in [0.25, 0.3) is 0 Å². The zero-order valence-corrected chi connectivity index (χ0v) is 8.64. The zero-order valence-electron chi connectivity index (χ0n) is 8.64. The molecule has 0 aromatic carbocycles. The highest BCUT2D eigenvalue weighted by Crippen LogP contribution is 2.43. The van der Waals surface area contributed by atoms with Crippen molar-refractivity contribution in [3.05, 3.63) is 17.7 Å². The topological polar surface area (TPSA) is 40.7 Å². The summed E-state index contributed by atoms with van der Waals surface area (Å²) >= 11 is 0. The largest absolute Gasteiger partial charge is 0.348 e. The molecule has 0 bridgehead atoms. The molecular weight excluding hydrogens is 174 g/mol. The van der Waals surface area contributed by atoms with Crippen LogP contribution in [0, 0.1) is 5.92 Å². The van der Waals surface area contributed by atoms with Gasteiger partial charge in [0, 0.05) is 18.7 Å². The smallest absolute Gasteiger partial charge is 0.0926 e. The molecule has 2 heterocycles. The molecule has 1 atom stereocenters. The van der Waals surface area contributed by atoms with Gasteiger partial charge < -0.3 is 10.3 Å². The Balaban J connectivity index is 2.01. The molecule has 3 heteroatoms. The van der Waals surface area contributed by atoms with Crippen LogP contribution < -0.4 is 5.32 Å². The van der Waals surface area contributed by atoms with Crippen LogP contribution in [0.3, 0.4) is 0 Å². The number of hydrogen-bond acceptors (Lipinski definition) is 2. The van der Waals surface area contributed by atoms with Crippen LogP contribution in [0.1, 0.15) is 37.6 Å². The van der Waals surface area contributed by atoms with Gasteiger partial charge in [-0.2, -0.15) is 0 Å². The Bertz CT molecular complexity index is 340. The lowest BCUT2D eigenvalue weighted by atomic mass is 9.68. The summed E-state index contributed by atoms with van der Waals surface area (Å²) in [6, 6.07) is 0. The molecule has 76 valence electrons. The van der Waals surface area contributed by atoms with Crippen LogP contribution in [-0.2, 0) is 12.0 Å². The molecule has 14 heavy (non-hydrogen) atoms. The van der Waals surface area contributed by atoms with E-state index in [9.17, 15) is 0 Å². The molecule has 0 saturated heterocycles. The van der Waals surface area contributed by atoms with E-state index in [-0.39, 0.29) is 5.54 Å². The molecule has 2 aliphatic rings. The Morgan fingerprint density at radius 2 is 2.36 bits per heavy atom. The molecule has 1 aromatic heterocycles. The predicted octanol–water partition coefficient (Wildman–Crippen LogP) is 1.57. The molecule has 1 saturated carbocycles. The van der Waals surface area contributed by atoms with E-state index < -0.39 is 0 Å². The van der Waals surface area contributed by atoms with Gasteiger partial charge in [-0.1, -0.05) is 6.42 Å². The minimum absolute atomic E-state index is 0.145. The van der Waals surface area contributed by atoms with Crippen molar-refractivity contribution in [3.8, 4) is 0 Å². The molecule has 1 unspecified atom stereocenters. The number of hydrogen-bond donors (Lipinski definition) is 2. The van der Waals surface area contributed by atoms with E-state index in [1.807, 2.05) is 6.33 Å². The number of rotatable bonds is 1. The number of aromatic amines is 1. The molecule has 3 rings (SSSR count). The summed E-state index contributed by atoms with van der Waals surface area (Å²) in [6.07, 6.45) is 7.04. The van der Waals surface area contributed by atoms with Crippen molar-refractivity contribution >= 4 is 0 Å². The molecule has 1 aromatic rings. The first-order valence-corrected chi connectivity index (χ1v) is 5.58. The van der Waals surface area contributed by atoms with Crippen LogP contribution in [0.5, 0.6) is 0 Å². The number of imidazole rings is 1. The minimum Gasteiger partial charge on any atom is -0.348 e. The Hall–Kier alpha value is -0.830. The highest BCUT2D eigenvalue weighted by atomic mass is 15.1. The molecular formula is C11H17N3. The Kier molecular flexibility index (Phi) is 1.71. The van der Waals surface area contributed by atoms with Gasteiger partial charge in [0.2, 0.25) is 0 Å². The van der Waals surface area contributed by atoms with Gasteiger partial charge in [-0.25, -0.2) is 4.98 Å². The fraction of sp³-hybridized carbons (Fsp3) is 0.727. The van der Waals surface area contributed by atoms with Crippen molar-refractivity contribution in [2.75, 3.05) is 6.54 Å². The summed E-state index contributed by atoms with van der Waals surface area (Å²) in [5.41, 5.74) is 2.76. The first-order valence-electron chi connectivity index (χ1n) is 5.58. The van der Waals surface area contributed by atoms with E-state index in [4.69, 9.17) is 0 Å². The molecule has 3 nitrogen and oxygen atoms in total. The SMILES string of the molecule is CC1(C2CCC2)NCCc2[nH]cnc21. The number of nitrogens with one attached hydrogen (secondary N) is 2. The van der Waals surface area contributed by atoms with Crippen LogP contribution in [0.25, 0.3) is 0 Å². The van der Waals surface area contributed by atoms with Gasteiger partial charge >= 0.3 is 0 Å². The first kappa shape index (κ1) is 8.48. The van der Waals surface area contributed by atoms with Crippen LogP contribution in [0.15, 0.2) is 6.33 Å². The summed E-state index contributed by atoms with van der Waals surface area (Å²) in [5.74, 6) is 0.796. The first-order chi connectivity index (χ1) is 6.81. The second kappa shape index (κ2) is 2.83. The Labute approximate surface area is 84.3 Å². The van der Waals surface area contributed by atoms with Crippen LogP contribution in [-0.4, -0.2) is 16.5 Å². The summed E-state index contributed by atoms with van der Waals surface area (Å²) < 4.78 is 0. The molecule has 0 amide bonds. The summed E-state index contributed by atoms with van der Waals surface area (Å²) in [7, 11) is 0. The monoisotopic (exact) mass is 191 g/mol. The lowest BCUT2D eigenvalue weighted by Gasteiger charge is -2.45. The van der Waals surface area contributed by atoms with Crippen LogP contribution >= 0.6 is 0 Å². The van der Waals surface area contributed by atoms with E-state index in [1.54, 1.807) is 0 Å². The fourth-order valence-corrected chi connectivity index (χ4v) is 2.81. The number of nitrogens with zero attached hydrogens (tertiary/aromatic N) is 1. The average molecular weight is 191 g/mol. The molecule has 2 N–H and O–H groups in total. The van der Waals surface area contributed by atoms with Crippen molar-refractivity contribution in [2.24, 2.45) is 5.92 Å². The van der Waals surface area contributed by atoms with E-state index in [1.165, 1.54) is 30.7 Å². The van der Waals surface area contributed by atoms with Gasteiger partial charge in [0.1, 0.15) is 0 Å². The van der Waals surface area contributed by atoms with E-state index in [0.29, 0.717) is 0 Å². The van der Waals surface area contributed by atoms with Crippen molar-refractivity contribution in [1.82, 2.24) is 15.3 Å². The maximum absolute atomic E-state index is 4.49. The second-order valence-corrected chi connectivity index (χ2v) is 4.74. The van der Waals surface area contributed by atoms with E-state index in [2.05, 4.69) is 22.2 Å². The van der Waals surface area contributed by atoms with Crippen molar-refractivity contribution in [2.45, 2.75) is 38.1 Å². The predicted molar refractivity (Wildman–Crippen MR) is 55.0 cm³/mol. The minimum atomic E-state index is 0.145. The lowest BCUT2D eigenvalue weighted by molar-refractivity contribution is 0.131. The number of fused-ring (bicyclic) bond motifs is 1. The highest BCUT2D eigenvalue weighted by molar-refractivity contribution is 5.26. The maximum atomic E-state index is 4.49. The molecule has 1 aliphatic carbocycles. The summed E-state index contributed by atoms with van der Waals surface area (Å²) in [5, 5.41) is 3.66. The Morgan fingerprint density at radius 3 is 3.07 bits per heavy atom. The number of aromatic nitrogens is 2. The number of H-pyrrole nitrogens is 1. The lowest BCUT2D eigenvalue weighted by Crippen LogP contribution is -2.52. The van der Waals surface area contributed by atoms with Crippen molar-refractivity contribution in [3.63, 3.8) is 0 Å². The molecule has 1 fully saturated rings. The van der Waals surface area contributed by atoms with Gasteiger partial charge in [0.05, 0.1) is 17.6 Å². The van der Waals surface area contributed by atoms with E-state index >= 15 is 0 Å².